The molecule has 1 saturated carbocycles. The summed E-state index contributed by atoms with van der Waals surface area (Å²) in [5, 5.41) is 6.21. The van der Waals surface area contributed by atoms with Crippen LogP contribution in [0.1, 0.15) is 31.2 Å². The zero-order chi connectivity index (χ0) is 17.0. The van der Waals surface area contributed by atoms with Crippen molar-refractivity contribution >= 4 is 23.3 Å². The second-order valence-corrected chi connectivity index (χ2v) is 6.30. The van der Waals surface area contributed by atoms with E-state index in [9.17, 15) is 4.79 Å². The van der Waals surface area contributed by atoms with E-state index in [1.165, 1.54) is 0 Å². The number of methoxy groups -OCH3 is 1. The van der Waals surface area contributed by atoms with Crippen LogP contribution in [0.3, 0.4) is 0 Å². The van der Waals surface area contributed by atoms with Crippen molar-refractivity contribution in [3.8, 4) is 5.75 Å². The van der Waals surface area contributed by atoms with Gasteiger partial charge in [0.25, 0.3) is 0 Å². The first-order valence-corrected chi connectivity index (χ1v) is 8.35. The van der Waals surface area contributed by atoms with Crippen molar-refractivity contribution < 1.29 is 9.53 Å². The predicted octanol–water partition coefficient (Wildman–Crippen LogP) is 4.33. The largest absolute Gasteiger partial charge is 0.497 e. The Hall–Kier alpha value is -2.27. The Kier molecular flexibility index (Phi) is 4.90. The van der Waals surface area contributed by atoms with E-state index in [4.69, 9.17) is 16.3 Å². The van der Waals surface area contributed by atoms with Gasteiger partial charge in [-0.3, -0.25) is 0 Å². The van der Waals surface area contributed by atoms with E-state index in [2.05, 4.69) is 15.6 Å². The highest BCUT2D eigenvalue weighted by Crippen LogP contribution is 2.39. The van der Waals surface area contributed by atoms with Crippen LogP contribution in [0, 0.1) is 0 Å². The molecule has 6 heteroatoms. The van der Waals surface area contributed by atoms with Crippen LogP contribution in [0.4, 0.5) is 10.5 Å². The zero-order valence-corrected chi connectivity index (χ0v) is 14.3. The van der Waals surface area contributed by atoms with Crippen LogP contribution >= 0.6 is 11.6 Å². The average molecular weight is 346 g/mol. The summed E-state index contributed by atoms with van der Waals surface area (Å²) in [6.07, 6.45) is 5.57. The van der Waals surface area contributed by atoms with Gasteiger partial charge in [-0.2, -0.15) is 0 Å². The number of hydrogen-bond donors (Lipinski definition) is 2. The quantitative estimate of drug-likeness (QED) is 0.810. The fourth-order valence-corrected chi connectivity index (χ4v) is 3.39. The van der Waals surface area contributed by atoms with Crippen LogP contribution in [-0.4, -0.2) is 18.1 Å². The van der Waals surface area contributed by atoms with Gasteiger partial charge in [0.05, 0.1) is 18.3 Å². The molecule has 0 spiro atoms. The van der Waals surface area contributed by atoms with Crippen LogP contribution in [-0.2, 0) is 5.54 Å². The van der Waals surface area contributed by atoms with Crippen molar-refractivity contribution in [2.24, 2.45) is 0 Å². The fraction of sp³-hybridized carbons (Fsp3) is 0.333. The number of nitrogens with zero attached hydrogens (tertiary/aromatic N) is 1. The molecule has 1 fully saturated rings. The Morgan fingerprint density at radius 1 is 1.21 bits per heavy atom. The van der Waals surface area contributed by atoms with Crippen LogP contribution in [0.15, 0.2) is 42.6 Å². The molecule has 0 saturated heterocycles. The highest BCUT2D eigenvalue weighted by Gasteiger charge is 2.37. The smallest absolute Gasteiger partial charge is 0.320 e. The number of anilines is 1. The molecule has 0 unspecified atom stereocenters. The summed E-state index contributed by atoms with van der Waals surface area (Å²) in [6, 6.07) is 11.1. The van der Waals surface area contributed by atoms with E-state index in [1.807, 2.05) is 24.3 Å². The van der Waals surface area contributed by atoms with E-state index in [1.54, 1.807) is 25.4 Å². The Balaban J connectivity index is 1.78. The molecule has 126 valence electrons. The molecule has 1 aliphatic rings. The van der Waals surface area contributed by atoms with E-state index in [0.29, 0.717) is 5.69 Å². The van der Waals surface area contributed by atoms with Crippen molar-refractivity contribution in [3.05, 3.63) is 53.3 Å². The second kappa shape index (κ2) is 7.09. The lowest BCUT2D eigenvalue weighted by Crippen LogP contribution is -2.45. The van der Waals surface area contributed by atoms with Gasteiger partial charge in [-0.1, -0.05) is 36.6 Å². The third-order valence-corrected chi connectivity index (χ3v) is 4.76. The van der Waals surface area contributed by atoms with Crippen LogP contribution in [0.5, 0.6) is 5.75 Å². The van der Waals surface area contributed by atoms with Gasteiger partial charge in [0.2, 0.25) is 0 Å². The number of ether oxygens (including phenoxy) is 1. The minimum atomic E-state index is -0.356. The zero-order valence-electron chi connectivity index (χ0n) is 13.5. The summed E-state index contributed by atoms with van der Waals surface area (Å²) in [4.78, 5) is 16.5. The number of nitrogens with one attached hydrogen (secondary N) is 2. The third kappa shape index (κ3) is 3.46. The number of benzene rings is 1. The van der Waals surface area contributed by atoms with Crippen LogP contribution < -0.4 is 15.4 Å². The number of urea groups is 1. The highest BCUT2D eigenvalue weighted by molar-refractivity contribution is 6.32. The molecule has 24 heavy (non-hydrogen) atoms. The van der Waals surface area contributed by atoms with Crippen LogP contribution in [0.2, 0.25) is 5.15 Å². The lowest BCUT2D eigenvalue weighted by molar-refractivity contribution is 0.236. The topological polar surface area (TPSA) is 63.2 Å². The Bertz CT molecular complexity index is 712. The number of pyridine rings is 1. The molecule has 3 rings (SSSR count). The molecular weight excluding hydrogens is 326 g/mol. The van der Waals surface area contributed by atoms with E-state index >= 15 is 0 Å². The van der Waals surface area contributed by atoms with Gasteiger partial charge < -0.3 is 15.4 Å². The molecule has 1 aromatic heterocycles. The van der Waals surface area contributed by atoms with Crippen molar-refractivity contribution in [2.75, 3.05) is 12.4 Å². The molecule has 1 heterocycles. The average Bonchev–Trinajstić information content (AvgIpc) is 3.06. The molecule has 1 aliphatic carbocycles. The molecule has 0 radical (unpaired) electrons. The maximum atomic E-state index is 12.5. The maximum Gasteiger partial charge on any atom is 0.320 e. The van der Waals surface area contributed by atoms with E-state index in [-0.39, 0.29) is 16.7 Å². The molecule has 0 atom stereocenters. The number of hydrogen-bond acceptors (Lipinski definition) is 3. The molecule has 0 aliphatic heterocycles. The predicted molar refractivity (Wildman–Crippen MR) is 94.5 cm³/mol. The molecule has 2 amide bonds. The Morgan fingerprint density at radius 3 is 2.54 bits per heavy atom. The minimum absolute atomic E-state index is 0.275. The van der Waals surface area contributed by atoms with Gasteiger partial charge in [0.1, 0.15) is 5.75 Å². The SMILES string of the molecule is COc1ccc(C2(NC(=O)Nc3cccnc3Cl)CCCC2)cc1. The summed E-state index contributed by atoms with van der Waals surface area (Å²) >= 11 is 6.00. The van der Waals surface area contributed by atoms with Crippen molar-refractivity contribution in [3.63, 3.8) is 0 Å². The summed E-state index contributed by atoms with van der Waals surface area (Å²) in [5.74, 6) is 0.804. The monoisotopic (exact) mass is 345 g/mol. The molecule has 0 bridgehead atoms. The minimum Gasteiger partial charge on any atom is -0.497 e. The first kappa shape index (κ1) is 16.6. The lowest BCUT2D eigenvalue weighted by atomic mass is 9.88. The first-order valence-electron chi connectivity index (χ1n) is 7.97. The van der Waals surface area contributed by atoms with Gasteiger partial charge in [-0.25, -0.2) is 9.78 Å². The first-order chi connectivity index (χ1) is 11.6. The summed E-state index contributed by atoms with van der Waals surface area (Å²) in [7, 11) is 1.64. The van der Waals surface area contributed by atoms with Crippen LogP contribution in [0.25, 0.3) is 0 Å². The molecule has 5 nitrogen and oxygen atoms in total. The van der Waals surface area contributed by atoms with Crippen molar-refractivity contribution in [2.45, 2.75) is 31.2 Å². The summed E-state index contributed by atoms with van der Waals surface area (Å²) < 4.78 is 5.22. The van der Waals surface area contributed by atoms with Crippen molar-refractivity contribution in [1.29, 1.82) is 0 Å². The molecule has 2 N–H and O–H groups in total. The van der Waals surface area contributed by atoms with E-state index in [0.717, 1.165) is 37.0 Å². The number of halogens is 1. The maximum absolute atomic E-state index is 12.5. The number of amides is 2. The normalized spacial score (nSPS) is 15.8. The second-order valence-electron chi connectivity index (χ2n) is 5.94. The van der Waals surface area contributed by atoms with Gasteiger partial charge in [-0.05, 0) is 42.7 Å². The number of carbonyl (C=O) groups is 1. The van der Waals surface area contributed by atoms with E-state index < -0.39 is 0 Å². The van der Waals surface area contributed by atoms with Gasteiger partial charge in [0.15, 0.2) is 5.15 Å². The highest BCUT2D eigenvalue weighted by atomic mass is 35.5. The fourth-order valence-electron chi connectivity index (χ4n) is 3.22. The van der Waals surface area contributed by atoms with Gasteiger partial charge >= 0.3 is 6.03 Å². The number of aromatic nitrogens is 1. The standard InChI is InChI=1S/C18H20ClN3O2/c1-24-14-8-6-13(7-9-14)18(10-2-3-11-18)22-17(23)21-15-5-4-12-20-16(15)19/h4-9,12H,2-3,10-11H2,1H3,(H2,21,22,23). The molecular formula is C18H20ClN3O2. The lowest BCUT2D eigenvalue weighted by Gasteiger charge is -2.31. The van der Waals surface area contributed by atoms with Gasteiger partial charge in [-0.15, -0.1) is 0 Å². The summed E-state index contributed by atoms with van der Waals surface area (Å²) in [5.41, 5.74) is 1.23. The molecule has 1 aromatic carbocycles. The van der Waals surface area contributed by atoms with Crippen molar-refractivity contribution in [1.82, 2.24) is 10.3 Å². The Labute approximate surface area is 146 Å². The third-order valence-electron chi connectivity index (χ3n) is 4.46. The van der Waals surface area contributed by atoms with Gasteiger partial charge in [0, 0.05) is 6.20 Å². The Morgan fingerprint density at radius 2 is 1.92 bits per heavy atom. The number of rotatable bonds is 4. The number of carbonyl (C=O) groups excluding carboxylic acids is 1. The summed E-state index contributed by atoms with van der Waals surface area (Å²) in [6.45, 7) is 0. The molecule has 2 aromatic rings.